The lowest BCUT2D eigenvalue weighted by atomic mass is 10.2. The molecule has 0 amide bonds. The number of nitrogens with zero attached hydrogens (tertiary/aromatic N) is 3. The van der Waals surface area contributed by atoms with Crippen LogP contribution >= 0.6 is 0 Å². The topological polar surface area (TPSA) is 67.6 Å². The molecule has 1 saturated heterocycles. The van der Waals surface area contributed by atoms with E-state index in [2.05, 4.69) is 4.98 Å². The van der Waals surface area contributed by atoms with Crippen molar-refractivity contribution >= 4 is 5.69 Å². The summed E-state index contributed by atoms with van der Waals surface area (Å²) in [4.78, 5) is 4.64. The van der Waals surface area contributed by atoms with Crippen LogP contribution in [0.2, 0.25) is 0 Å². The molecule has 0 saturated carbocycles. The number of nitriles is 1. The first kappa shape index (κ1) is 21.5. The summed E-state index contributed by atoms with van der Waals surface area (Å²) in [6.07, 6.45) is 0. The summed E-state index contributed by atoms with van der Waals surface area (Å²) in [5, 5.41) is 9.21. The van der Waals surface area contributed by atoms with Crippen LogP contribution in [0.3, 0.4) is 0 Å². The standard InChI is InChI=1S/C23H18F3N3O3/c24-19-21(29-8-10-30-11-9-29)20(25)23(28-22(19)26)32-18-12-16(13-27)6-7-17(18)31-14-15-4-2-1-3-5-15/h1-7,12H,8-11,14H2/i13+1,27+1. The molecule has 0 N–H and O–H groups in total. The molecule has 1 aliphatic heterocycles. The maximum absolute atomic E-state index is 15.2. The number of ether oxygens (including phenoxy) is 3. The number of halogens is 3. The van der Waals surface area contributed by atoms with Crippen molar-refractivity contribution in [2.45, 2.75) is 6.61 Å². The van der Waals surface area contributed by atoms with Gasteiger partial charge >= 0.3 is 0 Å². The van der Waals surface area contributed by atoms with E-state index >= 15 is 4.39 Å². The second-order valence-electron chi connectivity index (χ2n) is 6.93. The minimum Gasteiger partial charge on any atom is -0.485 e. The summed E-state index contributed by atoms with van der Waals surface area (Å²) in [5.74, 6) is -4.67. The fraction of sp³-hybridized carbons (Fsp3) is 0.217. The third-order valence-electron chi connectivity index (χ3n) is 4.83. The Labute approximate surface area is 182 Å². The molecule has 164 valence electrons. The lowest BCUT2D eigenvalue weighted by Crippen LogP contribution is -2.37. The first-order valence-corrected chi connectivity index (χ1v) is 9.82. The van der Waals surface area contributed by atoms with Gasteiger partial charge in [0.25, 0.3) is 11.8 Å². The van der Waals surface area contributed by atoms with Crippen LogP contribution in [0, 0.1) is 28.9 Å². The van der Waals surface area contributed by atoms with Gasteiger partial charge in [0.2, 0.25) is 11.6 Å². The molecule has 1 aliphatic rings. The summed E-state index contributed by atoms with van der Waals surface area (Å²) in [5.41, 5.74) is 0.511. The Hall–Kier alpha value is -3.77. The Kier molecular flexibility index (Phi) is 6.42. The molecule has 0 spiro atoms. The van der Waals surface area contributed by atoms with Gasteiger partial charge in [0, 0.05) is 19.2 Å². The number of morpholine rings is 1. The van der Waals surface area contributed by atoms with Crippen molar-refractivity contribution in [1.82, 2.24) is 4.98 Å². The van der Waals surface area contributed by atoms with Gasteiger partial charge in [-0.1, -0.05) is 30.3 Å². The Morgan fingerprint density at radius 2 is 1.75 bits per heavy atom. The summed E-state index contributed by atoms with van der Waals surface area (Å²) in [6, 6.07) is 15.5. The largest absolute Gasteiger partial charge is 0.485 e. The second kappa shape index (κ2) is 9.58. The van der Waals surface area contributed by atoms with Crippen molar-refractivity contribution in [3.8, 4) is 23.4 Å². The van der Waals surface area contributed by atoms with E-state index in [1.807, 2.05) is 36.4 Å². The Morgan fingerprint density at radius 1 is 1.00 bits per heavy atom. The number of aromatic nitrogens is 1. The molecule has 1 fully saturated rings. The summed E-state index contributed by atoms with van der Waals surface area (Å²) in [6.45, 7) is 1.05. The SMILES string of the molecule is [15N]#[13C]c1ccc(OCc2ccccc2)c(Oc2nc(F)c(F)c(N3CCOCC3)c2F)c1. The molecule has 0 aliphatic carbocycles. The number of hydrogen-bond donors (Lipinski definition) is 0. The molecule has 32 heavy (non-hydrogen) atoms. The third-order valence-corrected chi connectivity index (χ3v) is 4.83. The van der Waals surface area contributed by atoms with Gasteiger partial charge in [0.05, 0.1) is 24.8 Å². The predicted octanol–water partition coefficient (Wildman–Crippen LogP) is 4.58. The van der Waals surface area contributed by atoms with E-state index in [-0.39, 0.29) is 50.0 Å². The van der Waals surface area contributed by atoms with Crippen LogP contribution in [0.5, 0.6) is 17.4 Å². The molecule has 9 heteroatoms. The first-order chi connectivity index (χ1) is 15.6. The van der Waals surface area contributed by atoms with Crippen LogP contribution in [0.25, 0.3) is 0 Å². The van der Waals surface area contributed by atoms with Crippen molar-refractivity contribution < 1.29 is 27.4 Å². The molecular weight excluding hydrogens is 425 g/mol. The summed E-state index contributed by atoms with van der Waals surface area (Å²) in [7, 11) is 0. The van der Waals surface area contributed by atoms with Crippen molar-refractivity contribution in [3.63, 3.8) is 0 Å². The van der Waals surface area contributed by atoms with E-state index in [9.17, 15) is 14.0 Å². The summed E-state index contributed by atoms with van der Waals surface area (Å²) < 4.78 is 60.2. The maximum Gasteiger partial charge on any atom is 0.261 e. The van der Waals surface area contributed by atoms with Crippen LogP contribution < -0.4 is 14.4 Å². The van der Waals surface area contributed by atoms with Gasteiger partial charge in [-0.2, -0.15) is 23.4 Å². The zero-order valence-electron chi connectivity index (χ0n) is 16.9. The smallest absolute Gasteiger partial charge is 0.261 e. The molecule has 1 aromatic heterocycles. The van der Waals surface area contributed by atoms with E-state index in [0.717, 1.165) is 5.56 Å². The predicted molar refractivity (Wildman–Crippen MR) is 109 cm³/mol. The molecule has 0 atom stereocenters. The number of benzene rings is 2. The highest BCUT2D eigenvalue weighted by atomic mass is 19.2. The first-order valence-electron chi connectivity index (χ1n) is 9.82. The number of hydrogen-bond acceptors (Lipinski definition) is 6. The van der Waals surface area contributed by atoms with Crippen LogP contribution in [0.1, 0.15) is 11.1 Å². The van der Waals surface area contributed by atoms with E-state index in [4.69, 9.17) is 14.2 Å². The number of pyridine rings is 1. The number of rotatable bonds is 6. The van der Waals surface area contributed by atoms with Gasteiger partial charge in [0.15, 0.2) is 11.5 Å². The molecule has 0 bridgehead atoms. The molecule has 2 heterocycles. The van der Waals surface area contributed by atoms with Gasteiger partial charge in [-0.15, -0.1) is 0 Å². The van der Waals surface area contributed by atoms with Crippen molar-refractivity contribution in [2.24, 2.45) is 0 Å². The Balaban J connectivity index is 1.67. The van der Waals surface area contributed by atoms with E-state index < -0.39 is 29.1 Å². The third kappa shape index (κ3) is 4.60. The van der Waals surface area contributed by atoms with Gasteiger partial charge in [-0.05, 0) is 17.7 Å². The maximum atomic E-state index is 15.2. The summed E-state index contributed by atoms with van der Waals surface area (Å²) >= 11 is 0. The van der Waals surface area contributed by atoms with Gasteiger partial charge in [-0.25, -0.2) is 0 Å². The normalized spacial score (nSPS) is 13.5. The Morgan fingerprint density at radius 3 is 2.47 bits per heavy atom. The number of anilines is 1. The van der Waals surface area contributed by atoms with Crippen molar-refractivity contribution in [1.29, 1.82) is 5.26 Å². The van der Waals surface area contributed by atoms with E-state index in [1.165, 1.54) is 23.1 Å². The highest BCUT2D eigenvalue weighted by Crippen LogP contribution is 2.37. The Bertz CT molecular complexity index is 1150. The molecule has 3 aromatic rings. The fourth-order valence-electron chi connectivity index (χ4n) is 3.23. The van der Waals surface area contributed by atoms with E-state index in [1.54, 1.807) is 0 Å². The quantitative estimate of drug-likeness (QED) is 0.316. The van der Waals surface area contributed by atoms with Crippen LogP contribution in [-0.4, -0.2) is 31.3 Å². The zero-order chi connectivity index (χ0) is 22.5. The van der Waals surface area contributed by atoms with Gasteiger partial charge in [0.1, 0.15) is 12.3 Å². The average molecular weight is 443 g/mol. The van der Waals surface area contributed by atoms with E-state index in [0.29, 0.717) is 0 Å². The molecule has 0 unspecified atom stereocenters. The van der Waals surface area contributed by atoms with Crippen molar-refractivity contribution in [2.75, 3.05) is 31.2 Å². The van der Waals surface area contributed by atoms with Crippen LogP contribution in [0.4, 0.5) is 18.9 Å². The zero-order valence-corrected chi connectivity index (χ0v) is 16.9. The highest BCUT2D eigenvalue weighted by Gasteiger charge is 2.28. The molecule has 2 aromatic carbocycles. The lowest BCUT2D eigenvalue weighted by molar-refractivity contribution is 0.122. The molecule has 4 rings (SSSR count). The molecular formula is C23H18F3N3O3. The molecule has 6 nitrogen and oxygen atoms in total. The van der Waals surface area contributed by atoms with Crippen LogP contribution in [0.15, 0.2) is 48.5 Å². The second-order valence-corrected chi connectivity index (χ2v) is 6.93. The highest BCUT2D eigenvalue weighted by molar-refractivity contribution is 5.54. The minimum absolute atomic E-state index is 0.0506. The molecule has 0 radical (unpaired) electrons. The van der Waals surface area contributed by atoms with Crippen LogP contribution in [-0.2, 0) is 11.3 Å². The minimum atomic E-state index is -1.49. The fourth-order valence-corrected chi connectivity index (χ4v) is 3.23. The van der Waals surface area contributed by atoms with Gasteiger partial charge in [-0.3, -0.25) is 0 Å². The van der Waals surface area contributed by atoms with Crippen molar-refractivity contribution in [3.05, 3.63) is 77.2 Å². The van der Waals surface area contributed by atoms with Gasteiger partial charge < -0.3 is 19.1 Å². The monoisotopic (exact) mass is 443 g/mol. The average Bonchev–Trinajstić information content (AvgIpc) is 2.83. The lowest BCUT2D eigenvalue weighted by Gasteiger charge is -2.29.